The van der Waals surface area contributed by atoms with Crippen molar-refractivity contribution in [2.75, 3.05) is 19.6 Å². The minimum absolute atomic E-state index is 0.0835. The lowest BCUT2D eigenvalue weighted by Gasteiger charge is -2.33. The van der Waals surface area contributed by atoms with Crippen molar-refractivity contribution in [3.63, 3.8) is 0 Å². The molecule has 0 spiro atoms. The third-order valence-corrected chi connectivity index (χ3v) is 6.67. The molecule has 3 aliphatic rings. The van der Waals surface area contributed by atoms with Crippen LogP contribution in [0, 0.1) is 13.8 Å². The molecule has 0 aromatic heterocycles. The topological polar surface area (TPSA) is 49.9 Å². The molecule has 2 heterocycles. The fourth-order valence-corrected chi connectivity index (χ4v) is 4.94. The van der Waals surface area contributed by atoms with Crippen molar-refractivity contribution in [3.8, 4) is 0 Å². The maximum Gasteiger partial charge on any atom is 0.254 e. The van der Waals surface area contributed by atoms with Gasteiger partial charge in [-0.25, -0.2) is 0 Å². The number of hydrogen-bond donors (Lipinski definition) is 0. The number of amides is 2. The molecular weight excluding hydrogens is 352 g/mol. The summed E-state index contributed by atoms with van der Waals surface area (Å²) in [6.07, 6.45) is 7.03. The summed E-state index contributed by atoms with van der Waals surface area (Å²) in [5, 5.41) is 0. The second kappa shape index (κ2) is 8.24. The van der Waals surface area contributed by atoms with Gasteiger partial charge in [-0.3, -0.25) is 9.59 Å². The van der Waals surface area contributed by atoms with E-state index in [0.29, 0.717) is 19.1 Å². The van der Waals surface area contributed by atoms with Gasteiger partial charge in [-0.2, -0.15) is 0 Å². The van der Waals surface area contributed by atoms with Crippen LogP contribution in [0.1, 0.15) is 66.4 Å². The van der Waals surface area contributed by atoms with Gasteiger partial charge < -0.3 is 14.5 Å². The first-order chi connectivity index (χ1) is 13.5. The highest BCUT2D eigenvalue weighted by Gasteiger charge is 2.39. The SMILES string of the molecule is Cc1ccc(C)c(C(=O)N2CCC(OC3CCN(C4CCCC4)C3=O)CC2)c1. The van der Waals surface area contributed by atoms with Crippen LogP contribution in [0.3, 0.4) is 0 Å². The van der Waals surface area contributed by atoms with Crippen LogP contribution in [0.2, 0.25) is 0 Å². The highest BCUT2D eigenvalue weighted by Crippen LogP contribution is 2.29. The van der Waals surface area contributed by atoms with E-state index in [2.05, 4.69) is 4.90 Å². The molecule has 1 unspecified atom stereocenters. The Hall–Kier alpha value is -1.88. The Balaban J connectivity index is 1.29. The lowest BCUT2D eigenvalue weighted by molar-refractivity contribution is -0.143. The average molecular weight is 385 g/mol. The highest BCUT2D eigenvalue weighted by molar-refractivity contribution is 5.95. The van der Waals surface area contributed by atoms with Gasteiger partial charge in [0.25, 0.3) is 11.8 Å². The maximum atomic E-state index is 12.9. The molecule has 1 aromatic rings. The molecule has 3 fully saturated rings. The molecule has 5 nitrogen and oxygen atoms in total. The zero-order valence-corrected chi connectivity index (χ0v) is 17.2. The summed E-state index contributed by atoms with van der Waals surface area (Å²) in [4.78, 5) is 29.6. The Kier molecular flexibility index (Phi) is 5.72. The Labute approximate surface area is 168 Å². The minimum Gasteiger partial charge on any atom is -0.365 e. The van der Waals surface area contributed by atoms with Gasteiger partial charge in [0.2, 0.25) is 0 Å². The van der Waals surface area contributed by atoms with Crippen LogP contribution >= 0.6 is 0 Å². The molecule has 2 amide bonds. The number of carbonyl (C=O) groups excluding carboxylic acids is 2. The zero-order valence-electron chi connectivity index (χ0n) is 17.2. The lowest BCUT2D eigenvalue weighted by Crippen LogP contribution is -2.43. The molecule has 1 saturated carbocycles. The Morgan fingerprint density at radius 1 is 1.00 bits per heavy atom. The number of carbonyl (C=O) groups is 2. The third-order valence-electron chi connectivity index (χ3n) is 6.67. The maximum absolute atomic E-state index is 12.9. The van der Waals surface area contributed by atoms with Gasteiger partial charge in [0.1, 0.15) is 6.10 Å². The van der Waals surface area contributed by atoms with Gasteiger partial charge in [-0.05, 0) is 51.2 Å². The van der Waals surface area contributed by atoms with E-state index < -0.39 is 0 Å². The first-order valence-corrected chi connectivity index (χ1v) is 10.9. The van der Waals surface area contributed by atoms with Crippen molar-refractivity contribution >= 4 is 11.8 Å². The smallest absolute Gasteiger partial charge is 0.254 e. The van der Waals surface area contributed by atoms with Crippen molar-refractivity contribution in [2.45, 2.75) is 77.0 Å². The Bertz CT molecular complexity index is 733. The average Bonchev–Trinajstić information content (AvgIpc) is 3.34. The first kappa shape index (κ1) is 19.4. The van der Waals surface area contributed by atoms with Crippen molar-refractivity contribution in [1.29, 1.82) is 0 Å². The van der Waals surface area contributed by atoms with Crippen molar-refractivity contribution in [2.24, 2.45) is 0 Å². The van der Waals surface area contributed by atoms with Gasteiger partial charge in [-0.1, -0.05) is 30.5 Å². The summed E-state index contributed by atoms with van der Waals surface area (Å²) >= 11 is 0. The van der Waals surface area contributed by atoms with Crippen molar-refractivity contribution < 1.29 is 14.3 Å². The number of benzene rings is 1. The van der Waals surface area contributed by atoms with Crippen LogP contribution in [0.25, 0.3) is 0 Å². The zero-order chi connectivity index (χ0) is 19.7. The molecule has 152 valence electrons. The van der Waals surface area contributed by atoms with Crippen LogP contribution < -0.4 is 0 Å². The van der Waals surface area contributed by atoms with Gasteiger partial charge in [-0.15, -0.1) is 0 Å². The standard InChI is InChI=1S/C23H32N2O3/c1-16-7-8-17(2)20(15-16)22(26)24-12-9-19(10-13-24)28-21-11-14-25(23(21)27)18-5-3-4-6-18/h7-8,15,18-19,21H,3-6,9-14H2,1-2H3. The molecule has 5 heteroatoms. The third kappa shape index (κ3) is 3.95. The second-order valence-corrected chi connectivity index (χ2v) is 8.69. The summed E-state index contributed by atoms with van der Waals surface area (Å²) in [6.45, 7) is 6.25. The van der Waals surface area contributed by atoms with E-state index in [4.69, 9.17) is 4.74 Å². The molecular formula is C23H32N2O3. The molecule has 28 heavy (non-hydrogen) atoms. The fraction of sp³-hybridized carbons (Fsp3) is 0.652. The molecule has 1 aliphatic carbocycles. The number of rotatable bonds is 4. The quantitative estimate of drug-likeness (QED) is 0.799. The molecule has 0 radical (unpaired) electrons. The lowest BCUT2D eigenvalue weighted by atomic mass is 10.0. The van der Waals surface area contributed by atoms with Crippen LogP contribution in [0.15, 0.2) is 18.2 Å². The fourth-order valence-electron chi connectivity index (χ4n) is 4.94. The number of aryl methyl sites for hydroxylation is 2. The van der Waals surface area contributed by atoms with E-state index in [0.717, 1.165) is 55.3 Å². The van der Waals surface area contributed by atoms with Crippen molar-refractivity contribution in [3.05, 3.63) is 34.9 Å². The highest BCUT2D eigenvalue weighted by atomic mass is 16.5. The van der Waals surface area contributed by atoms with Crippen LogP contribution in [0.4, 0.5) is 0 Å². The summed E-state index contributed by atoms with van der Waals surface area (Å²) in [7, 11) is 0. The predicted octanol–water partition coefficient (Wildman–Crippen LogP) is 3.47. The number of nitrogens with zero attached hydrogens (tertiary/aromatic N) is 2. The predicted molar refractivity (Wildman–Crippen MR) is 108 cm³/mol. The number of hydrogen-bond acceptors (Lipinski definition) is 3. The first-order valence-electron chi connectivity index (χ1n) is 10.9. The van der Waals surface area contributed by atoms with Crippen LogP contribution in [0.5, 0.6) is 0 Å². The molecule has 0 N–H and O–H groups in total. The molecule has 0 bridgehead atoms. The number of likely N-dealkylation sites (tertiary alicyclic amines) is 2. The summed E-state index contributed by atoms with van der Waals surface area (Å²) in [5.41, 5.74) is 2.94. The van der Waals surface area contributed by atoms with Crippen molar-refractivity contribution in [1.82, 2.24) is 9.80 Å². The van der Waals surface area contributed by atoms with Gasteiger partial charge in [0.15, 0.2) is 0 Å². The molecule has 4 rings (SSSR count). The van der Waals surface area contributed by atoms with E-state index in [-0.39, 0.29) is 24.0 Å². The summed E-state index contributed by atoms with van der Waals surface area (Å²) in [5.74, 6) is 0.310. The second-order valence-electron chi connectivity index (χ2n) is 8.69. The molecule has 2 saturated heterocycles. The summed E-state index contributed by atoms with van der Waals surface area (Å²) in [6, 6.07) is 6.48. The molecule has 1 atom stereocenters. The van der Waals surface area contributed by atoms with Gasteiger partial charge >= 0.3 is 0 Å². The Morgan fingerprint density at radius 2 is 1.71 bits per heavy atom. The normalized spacial score (nSPS) is 24.4. The van der Waals surface area contributed by atoms with Crippen LogP contribution in [-0.4, -0.2) is 59.5 Å². The van der Waals surface area contributed by atoms with Crippen LogP contribution in [-0.2, 0) is 9.53 Å². The van der Waals surface area contributed by atoms with Gasteiger partial charge in [0, 0.05) is 37.7 Å². The van der Waals surface area contributed by atoms with E-state index in [9.17, 15) is 9.59 Å². The molecule has 2 aliphatic heterocycles. The monoisotopic (exact) mass is 384 g/mol. The largest absolute Gasteiger partial charge is 0.365 e. The van der Waals surface area contributed by atoms with E-state index in [1.165, 1.54) is 12.8 Å². The number of ether oxygens (including phenoxy) is 1. The number of piperidine rings is 1. The van der Waals surface area contributed by atoms with E-state index in [1.807, 2.05) is 36.9 Å². The van der Waals surface area contributed by atoms with E-state index in [1.54, 1.807) is 0 Å². The molecule has 1 aromatic carbocycles. The summed E-state index contributed by atoms with van der Waals surface area (Å²) < 4.78 is 6.20. The minimum atomic E-state index is -0.271. The van der Waals surface area contributed by atoms with E-state index >= 15 is 0 Å². The Morgan fingerprint density at radius 3 is 2.43 bits per heavy atom. The van der Waals surface area contributed by atoms with Gasteiger partial charge in [0.05, 0.1) is 6.10 Å².